The average Bonchev–Trinajstić information content (AvgIpc) is 2.89. The van der Waals surface area contributed by atoms with Gasteiger partial charge in [-0.2, -0.15) is 0 Å². The molecule has 0 aromatic heterocycles. The van der Waals surface area contributed by atoms with Crippen molar-refractivity contribution >= 4 is 12.0 Å². The van der Waals surface area contributed by atoms with E-state index in [9.17, 15) is 9.59 Å². The topological polar surface area (TPSA) is 72.9 Å². The molecule has 1 aliphatic rings. The second-order valence-corrected chi connectivity index (χ2v) is 5.75. The summed E-state index contributed by atoms with van der Waals surface area (Å²) in [6, 6.07) is 0.463. The number of carboxylic acids is 1. The van der Waals surface area contributed by atoms with Gasteiger partial charge in [0.25, 0.3) is 0 Å². The molecule has 122 valence electrons. The SMILES string of the molecule is CCN(CC)C1CCN(C(=O)NC(C)CCCC(=O)O)C1. The number of carbonyl (C=O) groups excluding carboxylic acids is 1. The van der Waals surface area contributed by atoms with Gasteiger partial charge in [-0.05, 0) is 39.3 Å². The molecule has 0 bridgehead atoms. The number of nitrogens with zero attached hydrogens (tertiary/aromatic N) is 2. The van der Waals surface area contributed by atoms with Crippen molar-refractivity contribution in [1.29, 1.82) is 0 Å². The highest BCUT2D eigenvalue weighted by molar-refractivity contribution is 5.74. The minimum Gasteiger partial charge on any atom is -0.481 e. The summed E-state index contributed by atoms with van der Waals surface area (Å²) in [6.07, 6.45) is 2.49. The number of amides is 2. The number of rotatable bonds is 8. The van der Waals surface area contributed by atoms with Crippen LogP contribution in [0.25, 0.3) is 0 Å². The van der Waals surface area contributed by atoms with Crippen LogP contribution in [0, 0.1) is 0 Å². The molecule has 2 N–H and O–H groups in total. The Morgan fingerprint density at radius 2 is 2.05 bits per heavy atom. The van der Waals surface area contributed by atoms with Gasteiger partial charge in [0.15, 0.2) is 0 Å². The highest BCUT2D eigenvalue weighted by Crippen LogP contribution is 2.15. The fourth-order valence-corrected chi connectivity index (χ4v) is 2.90. The summed E-state index contributed by atoms with van der Waals surface area (Å²) < 4.78 is 0. The Labute approximate surface area is 127 Å². The molecular formula is C15H29N3O3. The molecule has 1 rings (SSSR count). The summed E-state index contributed by atoms with van der Waals surface area (Å²) in [5, 5.41) is 11.6. The summed E-state index contributed by atoms with van der Waals surface area (Å²) >= 11 is 0. The predicted octanol–water partition coefficient (Wildman–Crippen LogP) is 1.76. The van der Waals surface area contributed by atoms with E-state index in [4.69, 9.17) is 5.11 Å². The fourth-order valence-electron chi connectivity index (χ4n) is 2.90. The molecule has 1 aliphatic heterocycles. The molecule has 2 atom stereocenters. The van der Waals surface area contributed by atoms with Gasteiger partial charge in [0, 0.05) is 31.6 Å². The van der Waals surface area contributed by atoms with Crippen molar-refractivity contribution in [2.75, 3.05) is 26.2 Å². The maximum atomic E-state index is 12.2. The van der Waals surface area contributed by atoms with Crippen molar-refractivity contribution in [1.82, 2.24) is 15.1 Å². The number of hydrogen-bond donors (Lipinski definition) is 2. The molecule has 6 nitrogen and oxygen atoms in total. The number of likely N-dealkylation sites (N-methyl/N-ethyl adjacent to an activating group) is 1. The van der Waals surface area contributed by atoms with Crippen LogP contribution in [0.2, 0.25) is 0 Å². The van der Waals surface area contributed by atoms with Crippen molar-refractivity contribution < 1.29 is 14.7 Å². The summed E-state index contributed by atoms with van der Waals surface area (Å²) in [4.78, 5) is 26.9. The zero-order valence-electron chi connectivity index (χ0n) is 13.5. The van der Waals surface area contributed by atoms with E-state index in [0.29, 0.717) is 18.9 Å². The van der Waals surface area contributed by atoms with Crippen molar-refractivity contribution in [2.45, 2.75) is 58.5 Å². The Hall–Kier alpha value is -1.30. The van der Waals surface area contributed by atoms with Crippen molar-refractivity contribution in [2.24, 2.45) is 0 Å². The van der Waals surface area contributed by atoms with Crippen LogP contribution < -0.4 is 5.32 Å². The molecule has 2 unspecified atom stereocenters. The van der Waals surface area contributed by atoms with Gasteiger partial charge in [0.05, 0.1) is 0 Å². The Balaban J connectivity index is 2.31. The zero-order chi connectivity index (χ0) is 15.8. The third-order valence-electron chi connectivity index (χ3n) is 4.18. The van der Waals surface area contributed by atoms with E-state index in [1.54, 1.807) is 0 Å². The van der Waals surface area contributed by atoms with Crippen molar-refractivity contribution in [3.05, 3.63) is 0 Å². The van der Waals surface area contributed by atoms with E-state index < -0.39 is 5.97 Å². The molecule has 0 spiro atoms. The Morgan fingerprint density at radius 3 is 2.62 bits per heavy atom. The monoisotopic (exact) mass is 299 g/mol. The van der Waals surface area contributed by atoms with Crippen LogP contribution in [-0.2, 0) is 4.79 Å². The van der Waals surface area contributed by atoms with Gasteiger partial charge in [0.2, 0.25) is 0 Å². The van der Waals surface area contributed by atoms with Crippen molar-refractivity contribution in [3.8, 4) is 0 Å². The summed E-state index contributed by atoms with van der Waals surface area (Å²) in [5.74, 6) is -0.782. The molecule has 0 aromatic rings. The summed E-state index contributed by atoms with van der Waals surface area (Å²) in [6.45, 7) is 9.85. The minimum atomic E-state index is -0.782. The molecule has 1 fully saturated rings. The van der Waals surface area contributed by atoms with E-state index >= 15 is 0 Å². The zero-order valence-corrected chi connectivity index (χ0v) is 13.5. The van der Waals surface area contributed by atoms with Gasteiger partial charge < -0.3 is 15.3 Å². The van der Waals surface area contributed by atoms with Crippen LogP contribution in [0.5, 0.6) is 0 Å². The molecule has 6 heteroatoms. The lowest BCUT2D eigenvalue weighted by Crippen LogP contribution is -2.44. The van der Waals surface area contributed by atoms with Gasteiger partial charge in [-0.25, -0.2) is 4.79 Å². The number of urea groups is 1. The van der Waals surface area contributed by atoms with Gasteiger partial charge >= 0.3 is 12.0 Å². The van der Waals surface area contributed by atoms with Crippen LogP contribution in [0.1, 0.15) is 46.5 Å². The highest BCUT2D eigenvalue weighted by Gasteiger charge is 2.29. The average molecular weight is 299 g/mol. The lowest BCUT2D eigenvalue weighted by atomic mass is 10.1. The van der Waals surface area contributed by atoms with E-state index in [1.807, 2.05) is 11.8 Å². The number of carbonyl (C=O) groups is 2. The first kappa shape index (κ1) is 17.8. The van der Waals surface area contributed by atoms with E-state index in [0.717, 1.165) is 32.6 Å². The number of aliphatic carboxylic acids is 1. The van der Waals surface area contributed by atoms with E-state index in [2.05, 4.69) is 24.1 Å². The van der Waals surface area contributed by atoms with E-state index in [1.165, 1.54) is 0 Å². The van der Waals surface area contributed by atoms with Crippen LogP contribution in [0.4, 0.5) is 4.79 Å². The first-order valence-corrected chi connectivity index (χ1v) is 7.99. The maximum Gasteiger partial charge on any atom is 0.317 e. The lowest BCUT2D eigenvalue weighted by molar-refractivity contribution is -0.137. The molecule has 0 radical (unpaired) electrons. The molecule has 1 saturated heterocycles. The summed E-state index contributed by atoms with van der Waals surface area (Å²) in [7, 11) is 0. The van der Waals surface area contributed by atoms with Crippen LogP contribution >= 0.6 is 0 Å². The van der Waals surface area contributed by atoms with Gasteiger partial charge in [-0.1, -0.05) is 13.8 Å². The Bertz CT molecular complexity index is 345. The van der Waals surface area contributed by atoms with Crippen molar-refractivity contribution in [3.63, 3.8) is 0 Å². The third-order valence-corrected chi connectivity index (χ3v) is 4.18. The van der Waals surface area contributed by atoms with E-state index in [-0.39, 0.29) is 18.5 Å². The second-order valence-electron chi connectivity index (χ2n) is 5.75. The summed E-state index contributed by atoms with van der Waals surface area (Å²) in [5.41, 5.74) is 0. The van der Waals surface area contributed by atoms with Crippen LogP contribution in [0.15, 0.2) is 0 Å². The predicted molar refractivity (Wildman–Crippen MR) is 82.4 cm³/mol. The Kier molecular flexibility index (Phi) is 7.50. The second kappa shape index (κ2) is 8.87. The molecule has 0 saturated carbocycles. The lowest BCUT2D eigenvalue weighted by Gasteiger charge is -2.26. The molecule has 21 heavy (non-hydrogen) atoms. The molecule has 0 aromatic carbocycles. The molecule has 0 aliphatic carbocycles. The number of likely N-dealkylation sites (tertiary alicyclic amines) is 1. The largest absolute Gasteiger partial charge is 0.481 e. The first-order chi connectivity index (χ1) is 9.97. The molecule has 1 heterocycles. The standard InChI is InChI=1S/C15H29N3O3/c1-4-17(5-2)13-9-10-18(11-13)15(21)16-12(3)7-6-8-14(19)20/h12-13H,4-11H2,1-3H3,(H,16,21)(H,19,20). The normalized spacial score (nSPS) is 19.8. The first-order valence-electron chi connectivity index (χ1n) is 7.99. The third kappa shape index (κ3) is 5.91. The molecular weight excluding hydrogens is 270 g/mol. The molecule has 2 amide bonds. The Morgan fingerprint density at radius 1 is 1.38 bits per heavy atom. The fraction of sp³-hybridized carbons (Fsp3) is 0.867. The van der Waals surface area contributed by atoms with Gasteiger partial charge in [-0.15, -0.1) is 0 Å². The number of nitrogens with one attached hydrogen (secondary N) is 1. The minimum absolute atomic E-state index is 0.0179. The van der Waals surface area contributed by atoms with Gasteiger partial charge in [0.1, 0.15) is 0 Å². The quantitative estimate of drug-likeness (QED) is 0.716. The van der Waals surface area contributed by atoms with Crippen LogP contribution in [0.3, 0.4) is 0 Å². The number of hydrogen-bond acceptors (Lipinski definition) is 3. The maximum absolute atomic E-state index is 12.2. The van der Waals surface area contributed by atoms with Crippen LogP contribution in [-0.4, -0.2) is 65.2 Å². The highest BCUT2D eigenvalue weighted by atomic mass is 16.4. The smallest absolute Gasteiger partial charge is 0.317 e. The van der Waals surface area contributed by atoms with Gasteiger partial charge in [-0.3, -0.25) is 9.69 Å². The number of carboxylic acid groups (broad SMARTS) is 1.